The predicted molar refractivity (Wildman–Crippen MR) is 65.0 cm³/mol. The summed E-state index contributed by atoms with van der Waals surface area (Å²) in [5.74, 6) is 0.219. The van der Waals surface area contributed by atoms with Gasteiger partial charge in [0.2, 0.25) is 0 Å². The van der Waals surface area contributed by atoms with Crippen molar-refractivity contribution in [3.05, 3.63) is 54.1 Å². The second-order valence-electron chi connectivity index (χ2n) is 4.44. The lowest BCUT2D eigenvalue weighted by molar-refractivity contribution is 0.0921. The van der Waals surface area contributed by atoms with E-state index in [-0.39, 0.29) is 11.8 Å². The molecule has 17 heavy (non-hydrogen) atoms. The number of carbonyl (C=O) groups is 1. The van der Waals surface area contributed by atoms with Gasteiger partial charge in [-0.25, -0.2) is 4.98 Å². The molecule has 0 bridgehead atoms. The number of hydrogen-bond acceptors (Lipinski definition) is 2. The van der Waals surface area contributed by atoms with Gasteiger partial charge in [0.05, 0.1) is 12.4 Å². The number of aryl methyl sites for hydroxylation is 1. The van der Waals surface area contributed by atoms with E-state index in [0.717, 1.165) is 24.8 Å². The Kier molecular flexibility index (Phi) is 2.52. The van der Waals surface area contributed by atoms with Gasteiger partial charge in [0.1, 0.15) is 0 Å². The minimum Gasteiger partial charge on any atom is -0.327 e. The zero-order valence-corrected chi connectivity index (χ0v) is 9.54. The SMILES string of the molecule is O=C1c2ccccc2CCC[C@@H]1n1ccnc1. The summed E-state index contributed by atoms with van der Waals surface area (Å²) < 4.78 is 1.92. The molecular formula is C14H14N2O. The Morgan fingerprint density at radius 1 is 1.29 bits per heavy atom. The van der Waals surface area contributed by atoms with Crippen LogP contribution in [0.3, 0.4) is 0 Å². The number of ketones is 1. The topological polar surface area (TPSA) is 34.9 Å². The molecule has 0 fully saturated rings. The molecule has 1 heterocycles. The molecule has 1 aromatic heterocycles. The van der Waals surface area contributed by atoms with Gasteiger partial charge >= 0.3 is 0 Å². The minimum absolute atomic E-state index is 0.0823. The molecule has 86 valence electrons. The van der Waals surface area contributed by atoms with Crippen LogP contribution in [0.15, 0.2) is 43.0 Å². The molecule has 1 aromatic carbocycles. The number of hydrogen-bond donors (Lipinski definition) is 0. The Labute approximate surface area is 100 Å². The number of rotatable bonds is 1. The van der Waals surface area contributed by atoms with Gasteiger partial charge in [0.25, 0.3) is 0 Å². The van der Waals surface area contributed by atoms with Gasteiger partial charge in [-0.15, -0.1) is 0 Å². The fourth-order valence-corrected chi connectivity index (χ4v) is 2.51. The van der Waals surface area contributed by atoms with Gasteiger partial charge in [0.15, 0.2) is 5.78 Å². The Bertz CT molecular complexity index is 531. The second kappa shape index (κ2) is 4.17. The van der Waals surface area contributed by atoms with E-state index in [1.165, 1.54) is 5.56 Å². The number of benzene rings is 1. The van der Waals surface area contributed by atoms with Crippen molar-refractivity contribution < 1.29 is 4.79 Å². The zero-order valence-electron chi connectivity index (χ0n) is 9.54. The molecule has 0 unspecified atom stereocenters. The van der Waals surface area contributed by atoms with Crippen molar-refractivity contribution in [3.8, 4) is 0 Å². The summed E-state index contributed by atoms with van der Waals surface area (Å²) in [7, 11) is 0. The quantitative estimate of drug-likeness (QED) is 0.701. The van der Waals surface area contributed by atoms with Gasteiger partial charge in [-0.1, -0.05) is 24.3 Å². The lowest BCUT2D eigenvalue weighted by atomic mass is 10.0. The van der Waals surface area contributed by atoms with Crippen LogP contribution in [0.25, 0.3) is 0 Å². The van der Waals surface area contributed by atoms with Crippen LogP contribution >= 0.6 is 0 Å². The predicted octanol–water partition coefficient (Wildman–Crippen LogP) is 2.64. The first-order chi connectivity index (χ1) is 8.36. The van der Waals surface area contributed by atoms with Crippen LogP contribution in [-0.2, 0) is 6.42 Å². The number of aromatic nitrogens is 2. The largest absolute Gasteiger partial charge is 0.327 e. The molecule has 3 rings (SSSR count). The highest BCUT2D eigenvalue weighted by Gasteiger charge is 2.25. The molecule has 0 saturated carbocycles. The molecule has 0 N–H and O–H groups in total. The molecule has 1 aliphatic rings. The standard InChI is InChI=1S/C14H14N2O/c17-14-12-6-2-1-4-11(12)5-3-7-13(14)16-9-8-15-10-16/h1-2,4,6,8-10,13H,3,5,7H2/t13-/m0/s1. The van der Waals surface area contributed by atoms with Gasteiger partial charge < -0.3 is 4.57 Å². The Morgan fingerprint density at radius 3 is 3.00 bits per heavy atom. The molecule has 1 atom stereocenters. The van der Waals surface area contributed by atoms with Crippen LogP contribution in [-0.4, -0.2) is 15.3 Å². The van der Waals surface area contributed by atoms with E-state index in [9.17, 15) is 4.79 Å². The van der Waals surface area contributed by atoms with Crippen molar-refractivity contribution in [1.29, 1.82) is 0 Å². The highest BCUT2D eigenvalue weighted by molar-refractivity contribution is 6.00. The molecule has 2 aromatic rings. The van der Waals surface area contributed by atoms with E-state index in [4.69, 9.17) is 0 Å². The third-order valence-corrected chi connectivity index (χ3v) is 3.39. The maximum absolute atomic E-state index is 12.5. The van der Waals surface area contributed by atoms with Crippen molar-refractivity contribution >= 4 is 5.78 Å². The first kappa shape index (κ1) is 10.3. The first-order valence-electron chi connectivity index (χ1n) is 5.96. The van der Waals surface area contributed by atoms with E-state index >= 15 is 0 Å². The monoisotopic (exact) mass is 226 g/mol. The van der Waals surface area contributed by atoms with Crippen molar-refractivity contribution in [2.75, 3.05) is 0 Å². The summed E-state index contributed by atoms with van der Waals surface area (Å²) in [6.45, 7) is 0. The minimum atomic E-state index is -0.0823. The van der Waals surface area contributed by atoms with E-state index in [1.54, 1.807) is 12.5 Å². The summed E-state index contributed by atoms with van der Waals surface area (Å²) in [6, 6.07) is 7.86. The highest BCUT2D eigenvalue weighted by atomic mass is 16.1. The molecule has 1 aliphatic carbocycles. The lowest BCUT2D eigenvalue weighted by Crippen LogP contribution is -2.17. The number of imidazole rings is 1. The van der Waals surface area contributed by atoms with Gasteiger partial charge in [-0.3, -0.25) is 4.79 Å². The van der Waals surface area contributed by atoms with E-state index in [2.05, 4.69) is 11.1 Å². The van der Waals surface area contributed by atoms with Crippen LogP contribution in [0.2, 0.25) is 0 Å². The smallest absolute Gasteiger partial charge is 0.185 e. The summed E-state index contributed by atoms with van der Waals surface area (Å²) in [6.07, 6.45) is 8.26. The van der Waals surface area contributed by atoms with Crippen LogP contribution < -0.4 is 0 Å². The number of Topliss-reactive ketones (excluding diaryl/α,β-unsaturated/α-hetero) is 1. The molecule has 3 heteroatoms. The fourth-order valence-electron chi connectivity index (χ4n) is 2.51. The first-order valence-corrected chi connectivity index (χ1v) is 5.96. The van der Waals surface area contributed by atoms with E-state index in [0.29, 0.717) is 0 Å². The third-order valence-electron chi connectivity index (χ3n) is 3.39. The summed E-state index contributed by atoms with van der Waals surface area (Å²) >= 11 is 0. The van der Waals surface area contributed by atoms with Crippen molar-refractivity contribution in [1.82, 2.24) is 9.55 Å². The maximum atomic E-state index is 12.5. The molecule has 0 saturated heterocycles. The maximum Gasteiger partial charge on any atom is 0.185 e. The summed E-state index contributed by atoms with van der Waals surface area (Å²) in [4.78, 5) is 16.5. The van der Waals surface area contributed by atoms with Gasteiger partial charge in [0, 0.05) is 18.0 Å². The van der Waals surface area contributed by atoms with E-state index < -0.39 is 0 Å². The second-order valence-corrected chi connectivity index (χ2v) is 4.44. The van der Waals surface area contributed by atoms with Crippen LogP contribution in [0.5, 0.6) is 0 Å². The third kappa shape index (κ3) is 1.78. The van der Waals surface area contributed by atoms with Gasteiger partial charge in [-0.2, -0.15) is 0 Å². The van der Waals surface area contributed by atoms with Crippen molar-refractivity contribution in [3.63, 3.8) is 0 Å². The Balaban J connectivity index is 2.03. The number of nitrogens with zero attached hydrogens (tertiary/aromatic N) is 2. The zero-order chi connectivity index (χ0) is 11.7. The average molecular weight is 226 g/mol. The molecule has 3 nitrogen and oxygen atoms in total. The molecular weight excluding hydrogens is 212 g/mol. The summed E-state index contributed by atoms with van der Waals surface area (Å²) in [5.41, 5.74) is 2.06. The Hall–Kier alpha value is -1.90. The molecule has 0 radical (unpaired) electrons. The van der Waals surface area contributed by atoms with E-state index in [1.807, 2.05) is 29.0 Å². The average Bonchev–Trinajstić information content (AvgIpc) is 2.83. The molecule has 0 amide bonds. The van der Waals surface area contributed by atoms with Crippen LogP contribution in [0.1, 0.15) is 34.8 Å². The van der Waals surface area contributed by atoms with Crippen LogP contribution in [0.4, 0.5) is 0 Å². The van der Waals surface area contributed by atoms with Crippen molar-refractivity contribution in [2.24, 2.45) is 0 Å². The normalized spacial score (nSPS) is 19.8. The number of fused-ring (bicyclic) bond motifs is 1. The Morgan fingerprint density at radius 2 is 2.18 bits per heavy atom. The number of carbonyl (C=O) groups excluding carboxylic acids is 1. The molecule has 0 spiro atoms. The van der Waals surface area contributed by atoms with Gasteiger partial charge in [-0.05, 0) is 24.8 Å². The summed E-state index contributed by atoms with van der Waals surface area (Å²) in [5, 5.41) is 0. The fraction of sp³-hybridized carbons (Fsp3) is 0.286. The lowest BCUT2D eigenvalue weighted by Gasteiger charge is -2.14. The van der Waals surface area contributed by atoms with Crippen LogP contribution in [0, 0.1) is 0 Å². The molecule has 0 aliphatic heterocycles. The van der Waals surface area contributed by atoms with Crippen molar-refractivity contribution in [2.45, 2.75) is 25.3 Å². The highest BCUT2D eigenvalue weighted by Crippen LogP contribution is 2.27.